The van der Waals surface area contributed by atoms with Crippen molar-refractivity contribution in [3.8, 4) is 0 Å². The number of carbonyl (C=O) groups is 4. The zero-order valence-corrected chi connectivity index (χ0v) is 21.7. The number of rotatable bonds is 5. The van der Waals surface area contributed by atoms with Crippen LogP contribution in [0.3, 0.4) is 0 Å². The fraction of sp³-hybridized carbons (Fsp3) is 0.429. The summed E-state index contributed by atoms with van der Waals surface area (Å²) in [6, 6.07) is 9.01. The van der Waals surface area contributed by atoms with Crippen molar-refractivity contribution < 1.29 is 28.3 Å². The summed E-state index contributed by atoms with van der Waals surface area (Å²) in [5.74, 6) is -1.23. The number of nitrogens with one attached hydrogen (secondary N) is 2. The molecule has 2 fully saturated rings. The molecule has 2 aliphatic heterocycles. The van der Waals surface area contributed by atoms with Crippen molar-refractivity contribution in [1.82, 2.24) is 15.1 Å². The fourth-order valence-electron chi connectivity index (χ4n) is 6.06. The summed E-state index contributed by atoms with van der Waals surface area (Å²) in [4.78, 5) is 54.4. The highest BCUT2D eigenvalue weighted by Gasteiger charge is 2.58. The van der Waals surface area contributed by atoms with Gasteiger partial charge in [-0.1, -0.05) is 19.1 Å². The van der Waals surface area contributed by atoms with E-state index in [2.05, 4.69) is 10.6 Å². The summed E-state index contributed by atoms with van der Waals surface area (Å²) >= 11 is 0. The first-order chi connectivity index (χ1) is 18.2. The number of anilines is 1. The molecule has 5 rings (SSSR count). The van der Waals surface area contributed by atoms with Crippen molar-refractivity contribution in [2.24, 2.45) is 0 Å². The number of ether oxygens (including phenoxy) is 1. The van der Waals surface area contributed by atoms with Gasteiger partial charge in [0.15, 0.2) is 0 Å². The first-order valence-corrected chi connectivity index (χ1v) is 12.9. The van der Waals surface area contributed by atoms with Gasteiger partial charge in [0.1, 0.15) is 12.4 Å². The lowest BCUT2D eigenvalue weighted by atomic mass is 9.94. The van der Waals surface area contributed by atoms with E-state index < -0.39 is 24.1 Å². The highest BCUT2D eigenvalue weighted by atomic mass is 19.1. The SMILES string of the molecule is CCc1cc(F)ccc1[C@H]1CC[C@H](C)N1C(=O)CN1C(=O)O[C@@]2(CCc3cc(NC(=O)NC)ccc32)C1=O. The lowest BCUT2D eigenvalue weighted by Gasteiger charge is -2.31. The third-order valence-corrected chi connectivity index (χ3v) is 7.94. The van der Waals surface area contributed by atoms with E-state index >= 15 is 0 Å². The molecular formula is C28H31FN4O5. The van der Waals surface area contributed by atoms with Gasteiger partial charge in [0, 0.05) is 30.8 Å². The Morgan fingerprint density at radius 2 is 1.95 bits per heavy atom. The molecular weight excluding hydrogens is 491 g/mol. The Bertz CT molecular complexity index is 1330. The molecule has 1 aliphatic carbocycles. The van der Waals surface area contributed by atoms with E-state index in [0.29, 0.717) is 30.5 Å². The van der Waals surface area contributed by atoms with Crippen molar-refractivity contribution in [1.29, 1.82) is 0 Å². The third kappa shape index (κ3) is 4.17. The maximum absolute atomic E-state index is 13.9. The molecule has 2 aromatic rings. The van der Waals surface area contributed by atoms with Crippen LogP contribution >= 0.6 is 0 Å². The molecule has 3 aliphatic rings. The predicted octanol–water partition coefficient (Wildman–Crippen LogP) is 4.01. The van der Waals surface area contributed by atoms with Crippen LogP contribution in [0.5, 0.6) is 0 Å². The summed E-state index contributed by atoms with van der Waals surface area (Å²) in [5, 5.41) is 5.18. The van der Waals surface area contributed by atoms with E-state index in [-0.39, 0.29) is 36.3 Å². The Hall–Kier alpha value is -3.95. The van der Waals surface area contributed by atoms with Crippen LogP contribution in [0.2, 0.25) is 0 Å². The Labute approximate surface area is 220 Å². The van der Waals surface area contributed by atoms with Crippen LogP contribution in [-0.4, -0.2) is 53.4 Å². The number of benzene rings is 2. The second-order valence-electron chi connectivity index (χ2n) is 10.1. The second kappa shape index (κ2) is 9.74. The molecule has 3 atom stereocenters. The molecule has 38 heavy (non-hydrogen) atoms. The molecule has 2 saturated heterocycles. The van der Waals surface area contributed by atoms with E-state index in [1.807, 2.05) is 13.8 Å². The number of hydrogen-bond donors (Lipinski definition) is 2. The van der Waals surface area contributed by atoms with Crippen molar-refractivity contribution in [3.05, 3.63) is 64.5 Å². The van der Waals surface area contributed by atoms with Gasteiger partial charge < -0.3 is 20.3 Å². The van der Waals surface area contributed by atoms with Crippen LogP contribution in [0.4, 0.5) is 19.7 Å². The average molecular weight is 523 g/mol. The summed E-state index contributed by atoms with van der Waals surface area (Å²) in [5.41, 5.74) is 2.19. The molecule has 200 valence electrons. The minimum absolute atomic E-state index is 0.0941. The molecule has 2 aromatic carbocycles. The normalized spacial score (nSPS) is 24.1. The molecule has 0 bridgehead atoms. The van der Waals surface area contributed by atoms with Gasteiger partial charge in [-0.05, 0) is 73.6 Å². The smallest absolute Gasteiger partial charge is 0.418 e. The molecule has 5 amide bonds. The fourth-order valence-corrected chi connectivity index (χ4v) is 6.06. The molecule has 1 spiro atoms. The molecule has 0 unspecified atom stereocenters. The quantitative estimate of drug-likeness (QED) is 0.617. The Morgan fingerprint density at radius 3 is 2.68 bits per heavy atom. The standard InChI is InChI=1S/C28H31FN4O5/c1-4-17-13-19(29)6-8-21(17)23-10-5-16(2)33(23)24(34)15-32-25(35)28(38-27(32)37)12-11-18-14-20(7-9-22(18)28)31-26(36)30-3/h6-9,13-14,16,23H,4-5,10-12,15H2,1-3H3,(H2,30,31,36)/t16-,23+,28+/m0/s1. The summed E-state index contributed by atoms with van der Waals surface area (Å²) in [6.07, 6.45) is 2.00. The van der Waals surface area contributed by atoms with Gasteiger partial charge in [0.05, 0.1) is 6.04 Å². The number of urea groups is 1. The molecule has 2 heterocycles. The summed E-state index contributed by atoms with van der Waals surface area (Å²) in [7, 11) is 1.51. The second-order valence-corrected chi connectivity index (χ2v) is 10.1. The number of fused-ring (bicyclic) bond motifs is 2. The first kappa shape index (κ1) is 25.7. The Morgan fingerprint density at radius 1 is 1.16 bits per heavy atom. The number of nitrogens with zero attached hydrogens (tertiary/aromatic N) is 2. The number of imide groups is 1. The van der Waals surface area contributed by atoms with Crippen molar-refractivity contribution in [2.75, 3.05) is 18.9 Å². The molecule has 0 aromatic heterocycles. The molecule has 10 heteroatoms. The van der Waals surface area contributed by atoms with E-state index in [0.717, 1.165) is 28.0 Å². The number of amides is 5. The minimum Gasteiger partial charge on any atom is -0.427 e. The van der Waals surface area contributed by atoms with Gasteiger partial charge in [0.2, 0.25) is 11.5 Å². The Kier molecular flexibility index (Phi) is 6.58. The number of hydrogen-bond acceptors (Lipinski definition) is 5. The number of likely N-dealkylation sites (tertiary alicyclic amines) is 1. The van der Waals surface area contributed by atoms with Crippen molar-refractivity contribution in [2.45, 2.75) is 63.6 Å². The summed E-state index contributed by atoms with van der Waals surface area (Å²) in [6.45, 7) is 3.46. The van der Waals surface area contributed by atoms with Crippen LogP contribution in [0.25, 0.3) is 0 Å². The topological polar surface area (TPSA) is 108 Å². The Balaban J connectivity index is 1.37. The van der Waals surface area contributed by atoms with Crippen molar-refractivity contribution >= 4 is 29.6 Å². The highest BCUT2D eigenvalue weighted by Crippen LogP contribution is 2.46. The van der Waals surface area contributed by atoms with Gasteiger partial charge in [-0.3, -0.25) is 9.59 Å². The van der Waals surface area contributed by atoms with Gasteiger partial charge >= 0.3 is 12.1 Å². The van der Waals surface area contributed by atoms with Gasteiger partial charge in [-0.2, -0.15) is 0 Å². The maximum atomic E-state index is 13.9. The number of halogens is 1. The first-order valence-electron chi connectivity index (χ1n) is 12.9. The molecule has 0 saturated carbocycles. The van der Waals surface area contributed by atoms with Crippen LogP contribution < -0.4 is 10.6 Å². The lowest BCUT2D eigenvalue weighted by molar-refractivity contribution is -0.143. The highest BCUT2D eigenvalue weighted by molar-refractivity contribution is 6.06. The predicted molar refractivity (Wildman–Crippen MR) is 137 cm³/mol. The average Bonchev–Trinajstić information content (AvgIpc) is 3.53. The maximum Gasteiger partial charge on any atom is 0.418 e. The van der Waals surface area contributed by atoms with Gasteiger partial charge in [0.25, 0.3) is 5.91 Å². The zero-order chi connectivity index (χ0) is 27.2. The largest absolute Gasteiger partial charge is 0.427 e. The van der Waals surface area contributed by atoms with Crippen LogP contribution in [0.15, 0.2) is 36.4 Å². The van der Waals surface area contributed by atoms with Crippen LogP contribution in [-0.2, 0) is 32.8 Å². The molecule has 9 nitrogen and oxygen atoms in total. The summed E-state index contributed by atoms with van der Waals surface area (Å²) < 4.78 is 19.5. The zero-order valence-electron chi connectivity index (χ0n) is 21.7. The molecule has 2 N–H and O–H groups in total. The monoisotopic (exact) mass is 522 g/mol. The molecule has 0 radical (unpaired) electrons. The van der Waals surface area contributed by atoms with Crippen molar-refractivity contribution in [3.63, 3.8) is 0 Å². The third-order valence-electron chi connectivity index (χ3n) is 7.94. The van der Waals surface area contributed by atoms with Gasteiger partial charge in [-0.25, -0.2) is 18.9 Å². The number of aryl methyl sites for hydroxylation is 2. The lowest BCUT2D eigenvalue weighted by Crippen LogP contribution is -2.46. The van der Waals surface area contributed by atoms with Crippen LogP contribution in [0, 0.1) is 5.82 Å². The van der Waals surface area contributed by atoms with Gasteiger partial charge in [-0.15, -0.1) is 0 Å². The van der Waals surface area contributed by atoms with E-state index in [1.165, 1.54) is 19.2 Å². The van der Waals surface area contributed by atoms with Crippen LogP contribution in [0.1, 0.15) is 61.4 Å². The van der Waals surface area contributed by atoms with E-state index in [4.69, 9.17) is 4.74 Å². The minimum atomic E-state index is -1.47. The van der Waals surface area contributed by atoms with E-state index in [1.54, 1.807) is 29.2 Å². The van der Waals surface area contributed by atoms with E-state index in [9.17, 15) is 23.6 Å². The number of carbonyl (C=O) groups excluding carboxylic acids is 4.